The number of carbonyl (C=O) groups is 1. The molecule has 35 heavy (non-hydrogen) atoms. The second kappa shape index (κ2) is 9.73. The van der Waals surface area contributed by atoms with Crippen molar-refractivity contribution in [2.45, 2.75) is 19.9 Å². The summed E-state index contributed by atoms with van der Waals surface area (Å²) in [5, 5.41) is 17.7. The molecule has 2 N–H and O–H groups in total. The van der Waals surface area contributed by atoms with Crippen molar-refractivity contribution >= 4 is 23.0 Å². The molecule has 0 saturated heterocycles. The van der Waals surface area contributed by atoms with Gasteiger partial charge in [-0.2, -0.15) is 10.4 Å². The molecule has 1 atom stereocenters. The Kier molecular flexibility index (Phi) is 6.55. The molecule has 4 rings (SSSR count). The molecule has 9 heteroatoms. The van der Waals surface area contributed by atoms with Gasteiger partial charge in [-0.05, 0) is 43.2 Å². The molecule has 1 amide bonds. The Morgan fingerprint density at radius 2 is 2.03 bits per heavy atom. The molecule has 0 bridgehead atoms. The number of aromatic nitrogens is 4. The number of nitrogens with zero attached hydrogens (tertiary/aromatic N) is 4. The number of hydrogen-bond donors (Lipinski definition) is 2. The molecule has 0 unspecified atom stereocenters. The first-order valence-electron chi connectivity index (χ1n) is 11.0. The summed E-state index contributed by atoms with van der Waals surface area (Å²) >= 11 is 0. The monoisotopic (exact) mass is 470 g/mol. The van der Waals surface area contributed by atoms with Crippen molar-refractivity contribution in [1.82, 2.24) is 25.1 Å². The molecule has 9 nitrogen and oxygen atoms in total. The smallest absolute Gasteiger partial charge is 0.262 e. The average Bonchev–Trinajstić information content (AvgIpc) is 3.48. The minimum Gasteiger partial charge on any atom is -0.493 e. The molecule has 4 aromatic rings. The van der Waals surface area contributed by atoms with Crippen LogP contribution in [-0.2, 0) is 11.8 Å². The van der Waals surface area contributed by atoms with Gasteiger partial charge in [0.05, 0.1) is 26.5 Å². The van der Waals surface area contributed by atoms with Gasteiger partial charge < -0.3 is 19.8 Å². The number of hydrogen-bond acceptors (Lipinski definition) is 6. The normalized spacial score (nSPS) is 12.3. The number of H-pyrrole nitrogens is 1. The Hall–Kier alpha value is -4.58. The van der Waals surface area contributed by atoms with Gasteiger partial charge in [-0.3, -0.25) is 9.48 Å². The number of rotatable bonds is 7. The lowest BCUT2D eigenvalue weighted by molar-refractivity contribution is -0.117. The van der Waals surface area contributed by atoms with E-state index in [1.54, 1.807) is 55.7 Å². The summed E-state index contributed by atoms with van der Waals surface area (Å²) in [5.74, 6) is 0.688. The number of fused-ring (bicyclic) bond motifs is 1. The summed E-state index contributed by atoms with van der Waals surface area (Å²) in [6.07, 6.45) is 8.82. The highest BCUT2D eigenvalue weighted by atomic mass is 16.5. The quantitative estimate of drug-likeness (QED) is 0.310. The zero-order chi connectivity index (χ0) is 25.1. The van der Waals surface area contributed by atoms with Gasteiger partial charge in [0.2, 0.25) is 0 Å². The standard InChI is InChI=1S/C26H26N6O3/c1-15-21(20-12-30-32(3)14-20)13-29-25-24(15)19(11-28-25)8-18(10-27)26(33)31-16(2)17-6-7-22(34-4)23(9-17)35-5/h6-9,11-14,16H,1-5H3,(H,28,29)(H,31,33)/b18-8+/t16-/m1/s1. The van der Waals surface area contributed by atoms with E-state index in [0.29, 0.717) is 22.7 Å². The molecule has 3 heterocycles. The Bertz CT molecular complexity index is 1470. The van der Waals surface area contributed by atoms with Crippen LogP contribution in [-0.4, -0.2) is 39.9 Å². The fourth-order valence-electron chi connectivity index (χ4n) is 4.03. The summed E-state index contributed by atoms with van der Waals surface area (Å²) < 4.78 is 12.4. The Balaban J connectivity index is 1.64. The van der Waals surface area contributed by atoms with Crippen LogP contribution in [0.15, 0.2) is 48.6 Å². The van der Waals surface area contributed by atoms with Gasteiger partial charge >= 0.3 is 0 Å². The van der Waals surface area contributed by atoms with Gasteiger partial charge in [0.25, 0.3) is 5.91 Å². The molecule has 178 valence electrons. The molecule has 0 radical (unpaired) electrons. The van der Waals surface area contributed by atoms with E-state index in [9.17, 15) is 10.1 Å². The van der Waals surface area contributed by atoms with E-state index >= 15 is 0 Å². The van der Waals surface area contributed by atoms with Crippen molar-refractivity contribution in [3.63, 3.8) is 0 Å². The highest BCUT2D eigenvalue weighted by Gasteiger charge is 2.18. The molecule has 1 aromatic carbocycles. The van der Waals surface area contributed by atoms with Crippen molar-refractivity contribution in [1.29, 1.82) is 5.26 Å². The lowest BCUT2D eigenvalue weighted by Crippen LogP contribution is -2.27. The molecule has 0 aliphatic rings. The second-order valence-electron chi connectivity index (χ2n) is 8.15. The predicted octanol–water partition coefficient (Wildman–Crippen LogP) is 4.07. The summed E-state index contributed by atoms with van der Waals surface area (Å²) in [7, 11) is 4.98. The van der Waals surface area contributed by atoms with E-state index in [1.165, 1.54) is 0 Å². The first-order valence-corrected chi connectivity index (χ1v) is 11.0. The van der Waals surface area contributed by atoms with Crippen LogP contribution in [0.4, 0.5) is 0 Å². The predicted molar refractivity (Wildman–Crippen MR) is 133 cm³/mol. The van der Waals surface area contributed by atoms with E-state index in [4.69, 9.17) is 9.47 Å². The lowest BCUT2D eigenvalue weighted by atomic mass is 10.0. The zero-order valence-electron chi connectivity index (χ0n) is 20.2. The van der Waals surface area contributed by atoms with Gasteiger partial charge in [0.15, 0.2) is 11.5 Å². The van der Waals surface area contributed by atoms with Crippen LogP contribution in [0.3, 0.4) is 0 Å². The fourth-order valence-corrected chi connectivity index (χ4v) is 4.03. The number of aryl methyl sites for hydroxylation is 2. The third-order valence-corrected chi connectivity index (χ3v) is 5.93. The number of pyridine rings is 1. The Morgan fingerprint density at radius 1 is 1.26 bits per heavy atom. The van der Waals surface area contributed by atoms with E-state index in [1.807, 2.05) is 39.2 Å². The number of nitrogens with one attached hydrogen (secondary N) is 2. The van der Waals surface area contributed by atoms with Crippen LogP contribution in [0.25, 0.3) is 28.2 Å². The van der Waals surface area contributed by atoms with Gasteiger partial charge in [-0.25, -0.2) is 4.98 Å². The number of methoxy groups -OCH3 is 2. The molecule has 0 aliphatic carbocycles. The highest BCUT2D eigenvalue weighted by molar-refractivity contribution is 6.04. The first kappa shape index (κ1) is 23.6. The van der Waals surface area contributed by atoms with Gasteiger partial charge in [-0.15, -0.1) is 0 Å². The number of amides is 1. The average molecular weight is 471 g/mol. The number of aromatic amines is 1. The summed E-state index contributed by atoms with van der Waals surface area (Å²) in [5.41, 5.74) is 5.05. The summed E-state index contributed by atoms with van der Waals surface area (Å²) in [6.45, 7) is 3.83. The largest absolute Gasteiger partial charge is 0.493 e. The zero-order valence-corrected chi connectivity index (χ0v) is 20.2. The van der Waals surface area contributed by atoms with Crippen LogP contribution in [0.1, 0.15) is 29.7 Å². The molecular weight excluding hydrogens is 444 g/mol. The van der Waals surface area contributed by atoms with Crippen LogP contribution in [0.5, 0.6) is 11.5 Å². The van der Waals surface area contributed by atoms with Crippen molar-refractivity contribution < 1.29 is 14.3 Å². The highest BCUT2D eigenvalue weighted by Crippen LogP contribution is 2.32. The van der Waals surface area contributed by atoms with Crippen molar-refractivity contribution in [2.75, 3.05) is 14.2 Å². The second-order valence-corrected chi connectivity index (χ2v) is 8.15. The maximum absolute atomic E-state index is 13.0. The number of benzene rings is 1. The number of nitriles is 1. The SMILES string of the molecule is COc1ccc([C@@H](C)NC(=O)/C(C#N)=C/c2c[nH]c3ncc(-c4cnn(C)c4)c(C)c23)cc1OC. The van der Waals surface area contributed by atoms with E-state index in [-0.39, 0.29) is 11.6 Å². The van der Waals surface area contributed by atoms with Crippen LogP contribution in [0, 0.1) is 18.3 Å². The summed E-state index contributed by atoms with van der Waals surface area (Å²) in [4.78, 5) is 20.6. The third kappa shape index (κ3) is 4.59. The third-order valence-electron chi connectivity index (χ3n) is 5.93. The van der Waals surface area contributed by atoms with E-state index in [2.05, 4.69) is 20.4 Å². The lowest BCUT2D eigenvalue weighted by Gasteiger charge is -2.16. The minimum atomic E-state index is -0.474. The van der Waals surface area contributed by atoms with E-state index < -0.39 is 5.91 Å². The molecule has 0 aliphatic heterocycles. The molecule has 3 aromatic heterocycles. The van der Waals surface area contributed by atoms with Crippen LogP contribution >= 0.6 is 0 Å². The molecule has 0 saturated carbocycles. The van der Waals surface area contributed by atoms with Gasteiger partial charge in [0.1, 0.15) is 17.3 Å². The van der Waals surface area contributed by atoms with Crippen molar-refractivity contribution in [2.24, 2.45) is 7.05 Å². The molecule has 0 spiro atoms. The molecule has 0 fully saturated rings. The summed E-state index contributed by atoms with van der Waals surface area (Å²) in [6, 6.07) is 7.09. The van der Waals surface area contributed by atoms with Crippen LogP contribution in [0.2, 0.25) is 0 Å². The Morgan fingerprint density at radius 3 is 2.69 bits per heavy atom. The maximum Gasteiger partial charge on any atom is 0.262 e. The molecular formula is C26H26N6O3. The minimum absolute atomic E-state index is 0.00981. The van der Waals surface area contributed by atoms with Gasteiger partial charge in [0, 0.05) is 47.7 Å². The maximum atomic E-state index is 13.0. The number of ether oxygens (including phenoxy) is 2. The van der Waals surface area contributed by atoms with Crippen LogP contribution < -0.4 is 14.8 Å². The van der Waals surface area contributed by atoms with Crippen molar-refractivity contribution in [3.05, 3.63) is 65.2 Å². The topological polar surface area (TPSA) is 118 Å². The number of carbonyl (C=O) groups excluding carboxylic acids is 1. The first-order chi connectivity index (χ1) is 16.9. The van der Waals surface area contributed by atoms with Crippen molar-refractivity contribution in [3.8, 4) is 28.7 Å². The van der Waals surface area contributed by atoms with Gasteiger partial charge in [-0.1, -0.05) is 6.07 Å². The Labute approximate surface area is 203 Å². The van der Waals surface area contributed by atoms with E-state index in [0.717, 1.165) is 27.6 Å². The fraction of sp³-hybridized carbons (Fsp3) is 0.231.